The molecule has 4 rings (SSSR count). The largest absolute Gasteiger partial charge is 0.387 e. The van der Waals surface area contributed by atoms with Gasteiger partial charge in [0.1, 0.15) is 0 Å². The quantitative estimate of drug-likeness (QED) is 0.768. The summed E-state index contributed by atoms with van der Waals surface area (Å²) in [6, 6.07) is 13.7. The van der Waals surface area contributed by atoms with Gasteiger partial charge in [0.05, 0.1) is 23.6 Å². The van der Waals surface area contributed by atoms with Crippen molar-refractivity contribution in [3.63, 3.8) is 0 Å². The van der Waals surface area contributed by atoms with Gasteiger partial charge in [0.15, 0.2) is 0 Å². The van der Waals surface area contributed by atoms with Crippen LogP contribution >= 0.6 is 11.3 Å². The Labute approximate surface area is 156 Å². The summed E-state index contributed by atoms with van der Waals surface area (Å²) in [6.45, 7) is 1.34. The molecule has 1 aromatic carbocycles. The van der Waals surface area contributed by atoms with Gasteiger partial charge in [0, 0.05) is 24.2 Å². The number of hydrogen-bond donors (Lipinski definition) is 1. The Morgan fingerprint density at radius 3 is 2.62 bits per heavy atom. The SMILES string of the molecule is O=C(c1cnn(-c2ccccc2)c1)N1CCC([C@H](O)c2cccs2)CC1. The molecule has 1 N–H and O–H groups in total. The molecule has 1 amide bonds. The number of hydrogen-bond acceptors (Lipinski definition) is 4. The first-order valence-corrected chi connectivity index (χ1v) is 9.71. The lowest BCUT2D eigenvalue weighted by molar-refractivity contribution is 0.0474. The summed E-state index contributed by atoms with van der Waals surface area (Å²) in [4.78, 5) is 15.6. The summed E-state index contributed by atoms with van der Waals surface area (Å²) in [6.07, 6.45) is 4.62. The number of aliphatic hydroxyl groups excluding tert-OH is 1. The van der Waals surface area contributed by atoms with Gasteiger partial charge in [0.2, 0.25) is 0 Å². The lowest BCUT2D eigenvalue weighted by Crippen LogP contribution is -2.39. The Hall–Kier alpha value is -2.44. The fourth-order valence-electron chi connectivity index (χ4n) is 3.45. The van der Waals surface area contributed by atoms with Crippen molar-refractivity contribution in [2.24, 2.45) is 5.92 Å². The zero-order valence-corrected chi connectivity index (χ0v) is 15.2. The first-order chi connectivity index (χ1) is 12.7. The molecular weight excluding hydrogens is 346 g/mol. The van der Waals surface area contributed by atoms with Gasteiger partial charge in [-0.3, -0.25) is 4.79 Å². The topological polar surface area (TPSA) is 58.4 Å². The molecule has 3 heterocycles. The van der Waals surface area contributed by atoms with Crippen molar-refractivity contribution < 1.29 is 9.90 Å². The number of aliphatic hydroxyl groups is 1. The first-order valence-electron chi connectivity index (χ1n) is 8.83. The molecule has 1 saturated heterocycles. The fraction of sp³-hybridized carbons (Fsp3) is 0.300. The molecule has 0 saturated carbocycles. The minimum Gasteiger partial charge on any atom is -0.387 e. The number of nitrogens with zero attached hydrogens (tertiary/aromatic N) is 3. The fourth-order valence-corrected chi connectivity index (χ4v) is 4.25. The van der Waals surface area contributed by atoms with Crippen molar-refractivity contribution in [1.29, 1.82) is 0 Å². The highest BCUT2D eigenvalue weighted by Gasteiger charge is 2.29. The molecule has 0 radical (unpaired) electrons. The average molecular weight is 367 g/mol. The van der Waals surface area contributed by atoms with E-state index in [-0.39, 0.29) is 11.8 Å². The molecule has 5 nitrogen and oxygen atoms in total. The number of carbonyl (C=O) groups excluding carboxylic acids is 1. The van der Waals surface area contributed by atoms with Gasteiger partial charge in [-0.2, -0.15) is 5.10 Å². The highest BCUT2D eigenvalue weighted by molar-refractivity contribution is 7.10. The van der Waals surface area contributed by atoms with Crippen LogP contribution in [-0.2, 0) is 0 Å². The molecule has 0 spiro atoms. The predicted molar refractivity (Wildman–Crippen MR) is 101 cm³/mol. The van der Waals surface area contributed by atoms with E-state index in [0.29, 0.717) is 18.7 Å². The Bertz CT molecular complexity index is 852. The van der Waals surface area contributed by atoms with Crippen LogP contribution in [0.25, 0.3) is 5.69 Å². The molecule has 26 heavy (non-hydrogen) atoms. The first kappa shape index (κ1) is 17.0. The molecule has 1 fully saturated rings. The third-order valence-corrected chi connectivity index (χ3v) is 5.90. The maximum absolute atomic E-state index is 12.8. The van der Waals surface area contributed by atoms with E-state index in [1.54, 1.807) is 28.4 Å². The van der Waals surface area contributed by atoms with Gasteiger partial charge in [-0.15, -0.1) is 11.3 Å². The Balaban J connectivity index is 1.39. The van der Waals surface area contributed by atoms with E-state index in [9.17, 15) is 9.90 Å². The Morgan fingerprint density at radius 2 is 1.92 bits per heavy atom. The zero-order chi connectivity index (χ0) is 17.9. The highest BCUT2D eigenvalue weighted by atomic mass is 32.1. The smallest absolute Gasteiger partial charge is 0.257 e. The average Bonchev–Trinajstić information content (AvgIpc) is 3.40. The summed E-state index contributed by atoms with van der Waals surface area (Å²) in [5.74, 6) is 0.223. The van der Waals surface area contributed by atoms with Gasteiger partial charge < -0.3 is 10.0 Å². The van der Waals surface area contributed by atoms with Crippen molar-refractivity contribution in [1.82, 2.24) is 14.7 Å². The van der Waals surface area contributed by atoms with E-state index in [2.05, 4.69) is 5.10 Å². The third kappa shape index (κ3) is 3.43. The van der Waals surface area contributed by atoms with Crippen LogP contribution in [0.15, 0.2) is 60.2 Å². The second kappa shape index (κ2) is 7.43. The summed E-state index contributed by atoms with van der Waals surface area (Å²) in [5, 5.41) is 16.8. The van der Waals surface area contributed by atoms with Crippen LogP contribution in [-0.4, -0.2) is 38.8 Å². The standard InChI is InChI=1S/C20H21N3O2S/c24-19(18-7-4-12-26-18)15-8-10-22(11-9-15)20(25)16-13-21-23(14-16)17-5-2-1-3-6-17/h1-7,12-15,19,24H,8-11H2/t19-/m0/s1. The van der Waals surface area contributed by atoms with Gasteiger partial charge in [0.25, 0.3) is 5.91 Å². The van der Waals surface area contributed by atoms with Gasteiger partial charge in [-0.05, 0) is 42.3 Å². The van der Waals surface area contributed by atoms with E-state index in [4.69, 9.17) is 0 Å². The number of carbonyl (C=O) groups is 1. The molecule has 3 aromatic rings. The second-order valence-corrected chi connectivity index (χ2v) is 7.58. The number of benzene rings is 1. The summed E-state index contributed by atoms with van der Waals surface area (Å²) in [7, 11) is 0. The van der Waals surface area contributed by atoms with Crippen LogP contribution in [0.2, 0.25) is 0 Å². The van der Waals surface area contributed by atoms with E-state index in [1.165, 1.54) is 0 Å². The maximum Gasteiger partial charge on any atom is 0.257 e. The predicted octanol–water partition coefficient (Wildman–Crippen LogP) is 3.52. The van der Waals surface area contributed by atoms with Gasteiger partial charge >= 0.3 is 0 Å². The molecule has 1 aliphatic heterocycles. The number of piperidine rings is 1. The number of rotatable bonds is 4. The van der Waals surface area contributed by atoms with Crippen LogP contribution in [0.5, 0.6) is 0 Å². The molecule has 0 bridgehead atoms. The molecule has 1 aliphatic rings. The van der Waals surface area contributed by atoms with E-state index in [0.717, 1.165) is 23.4 Å². The monoisotopic (exact) mass is 367 g/mol. The minimum absolute atomic E-state index is 0.0104. The highest BCUT2D eigenvalue weighted by Crippen LogP contribution is 2.33. The van der Waals surface area contributed by atoms with Gasteiger partial charge in [-0.25, -0.2) is 4.68 Å². The number of likely N-dealkylation sites (tertiary alicyclic amines) is 1. The van der Waals surface area contributed by atoms with Crippen LogP contribution in [0, 0.1) is 5.92 Å². The van der Waals surface area contributed by atoms with Crippen molar-refractivity contribution in [2.45, 2.75) is 18.9 Å². The van der Waals surface area contributed by atoms with Crippen LogP contribution in [0.3, 0.4) is 0 Å². The van der Waals surface area contributed by atoms with Crippen molar-refractivity contribution in [3.05, 3.63) is 70.7 Å². The van der Waals surface area contributed by atoms with Crippen LogP contribution in [0.1, 0.15) is 34.2 Å². The number of thiophene rings is 1. The maximum atomic E-state index is 12.8. The summed E-state index contributed by atoms with van der Waals surface area (Å²) < 4.78 is 1.72. The molecular formula is C20H21N3O2S. The minimum atomic E-state index is -0.423. The van der Waals surface area contributed by atoms with Crippen molar-refractivity contribution in [3.8, 4) is 5.69 Å². The molecule has 2 aromatic heterocycles. The molecule has 0 unspecified atom stereocenters. The summed E-state index contributed by atoms with van der Waals surface area (Å²) >= 11 is 1.59. The van der Waals surface area contributed by atoms with E-state index < -0.39 is 6.10 Å². The molecule has 6 heteroatoms. The Kier molecular flexibility index (Phi) is 4.86. The van der Waals surface area contributed by atoms with Crippen molar-refractivity contribution >= 4 is 17.2 Å². The van der Waals surface area contributed by atoms with Crippen LogP contribution in [0.4, 0.5) is 0 Å². The normalized spacial score (nSPS) is 16.6. The zero-order valence-electron chi connectivity index (χ0n) is 14.4. The number of para-hydroxylation sites is 1. The summed E-state index contributed by atoms with van der Waals surface area (Å²) in [5.41, 5.74) is 1.54. The molecule has 1 atom stereocenters. The number of aromatic nitrogens is 2. The molecule has 0 aliphatic carbocycles. The van der Waals surface area contributed by atoms with Crippen molar-refractivity contribution in [2.75, 3.05) is 13.1 Å². The number of amides is 1. The van der Waals surface area contributed by atoms with Gasteiger partial charge in [-0.1, -0.05) is 24.3 Å². The lowest BCUT2D eigenvalue weighted by Gasteiger charge is -2.33. The lowest BCUT2D eigenvalue weighted by atomic mass is 9.90. The van der Waals surface area contributed by atoms with E-state index in [1.807, 2.05) is 52.7 Å². The second-order valence-electron chi connectivity index (χ2n) is 6.60. The third-order valence-electron chi connectivity index (χ3n) is 4.96. The van der Waals surface area contributed by atoms with Crippen LogP contribution < -0.4 is 0 Å². The van der Waals surface area contributed by atoms with E-state index >= 15 is 0 Å². The Morgan fingerprint density at radius 1 is 1.15 bits per heavy atom. The molecule has 134 valence electrons.